The maximum Gasteiger partial charge on any atom is 0.317 e. The second-order valence-electron chi connectivity index (χ2n) is 6.51. The molecule has 21 heavy (non-hydrogen) atoms. The number of nitrogens with one attached hydrogen (secondary N) is 2. The van der Waals surface area contributed by atoms with Crippen molar-refractivity contribution in [1.82, 2.24) is 15.5 Å². The first kappa shape index (κ1) is 15.6. The summed E-state index contributed by atoms with van der Waals surface area (Å²) in [5, 5.41) is 14.5. The number of carboxylic acids is 1. The summed E-state index contributed by atoms with van der Waals surface area (Å²) in [5.41, 5.74) is -0.699. The van der Waals surface area contributed by atoms with Crippen LogP contribution in [0.4, 0.5) is 4.79 Å². The maximum atomic E-state index is 12.3. The summed E-state index contributed by atoms with van der Waals surface area (Å²) < 4.78 is 0. The van der Waals surface area contributed by atoms with Crippen LogP contribution in [-0.4, -0.2) is 53.6 Å². The predicted octanol–water partition coefficient (Wildman–Crippen LogP) is 0.406. The van der Waals surface area contributed by atoms with Crippen molar-refractivity contribution in [2.45, 2.75) is 45.2 Å². The number of fused-ring (bicyclic) bond motifs is 2. The highest BCUT2D eigenvalue weighted by atomic mass is 16.4. The van der Waals surface area contributed by atoms with Crippen LogP contribution in [0.25, 0.3) is 0 Å². The zero-order valence-corrected chi connectivity index (χ0v) is 12.7. The molecule has 0 aromatic heterocycles. The zero-order chi connectivity index (χ0) is 15.8. The molecule has 3 amide bonds. The molecule has 7 heteroatoms. The summed E-state index contributed by atoms with van der Waals surface area (Å²) in [5.74, 6) is -1.43. The fourth-order valence-corrected chi connectivity index (χ4v) is 3.38. The van der Waals surface area contributed by atoms with E-state index in [4.69, 9.17) is 0 Å². The van der Waals surface area contributed by atoms with Crippen LogP contribution >= 0.6 is 0 Å². The minimum atomic E-state index is -0.828. The summed E-state index contributed by atoms with van der Waals surface area (Å²) in [6, 6.07) is -0.460. The predicted molar refractivity (Wildman–Crippen MR) is 75.6 cm³/mol. The molecule has 7 nitrogen and oxygen atoms in total. The van der Waals surface area contributed by atoms with E-state index in [0.29, 0.717) is 6.42 Å². The summed E-state index contributed by atoms with van der Waals surface area (Å²) in [6.07, 6.45) is 2.14. The summed E-state index contributed by atoms with van der Waals surface area (Å²) in [7, 11) is 1.56. The molecule has 2 rings (SSSR count). The quantitative estimate of drug-likeness (QED) is 0.699. The van der Waals surface area contributed by atoms with Crippen LogP contribution in [0.15, 0.2) is 0 Å². The molecule has 3 N–H and O–H groups in total. The van der Waals surface area contributed by atoms with Crippen LogP contribution in [-0.2, 0) is 9.59 Å². The molecule has 2 aliphatic rings. The van der Waals surface area contributed by atoms with Gasteiger partial charge in [0.2, 0.25) is 5.91 Å². The standard InChI is InChI=1S/C14H23N3O4/c1-14(2,12(20)15-3)7-16-13(21)17-8-4-5-10(17)9(6-8)11(18)19/h8-10H,4-7H2,1-3H3,(H,15,20)(H,16,21)(H,18,19). The highest BCUT2D eigenvalue weighted by molar-refractivity contribution is 5.83. The number of hydrogen-bond acceptors (Lipinski definition) is 3. The SMILES string of the molecule is CNC(=O)C(C)(C)CNC(=O)N1C2CCC1C(C(=O)O)C2. The monoisotopic (exact) mass is 297 g/mol. The molecule has 118 valence electrons. The van der Waals surface area contributed by atoms with E-state index in [2.05, 4.69) is 10.6 Å². The van der Waals surface area contributed by atoms with Gasteiger partial charge in [0.05, 0.1) is 11.3 Å². The molecule has 2 saturated heterocycles. The first-order chi connectivity index (χ1) is 9.77. The highest BCUT2D eigenvalue weighted by Gasteiger charge is 2.51. The number of carbonyl (C=O) groups excluding carboxylic acids is 2. The van der Waals surface area contributed by atoms with E-state index in [9.17, 15) is 19.5 Å². The smallest absolute Gasteiger partial charge is 0.317 e. The minimum absolute atomic E-state index is 0.0132. The van der Waals surface area contributed by atoms with Crippen molar-refractivity contribution in [3.8, 4) is 0 Å². The lowest BCUT2D eigenvalue weighted by atomic mass is 9.89. The molecule has 3 unspecified atom stereocenters. The number of aliphatic carboxylic acids is 1. The molecular weight excluding hydrogens is 274 g/mol. The topological polar surface area (TPSA) is 98.7 Å². The van der Waals surface area contributed by atoms with Gasteiger partial charge in [0.25, 0.3) is 0 Å². The number of hydrogen-bond donors (Lipinski definition) is 3. The van der Waals surface area contributed by atoms with E-state index < -0.39 is 17.3 Å². The Morgan fingerprint density at radius 1 is 1.29 bits per heavy atom. The van der Waals surface area contributed by atoms with Gasteiger partial charge in [-0.15, -0.1) is 0 Å². The van der Waals surface area contributed by atoms with Crippen molar-refractivity contribution in [1.29, 1.82) is 0 Å². The average molecular weight is 297 g/mol. The van der Waals surface area contributed by atoms with Gasteiger partial charge in [0, 0.05) is 25.7 Å². The Bertz CT molecular complexity index is 463. The van der Waals surface area contributed by atoms with Crippen molar-refractivity contribution in [3.05, 3.63) is 0 Å². The van der Waals surface area contributed by atoms with Crippen molar-refractivity contribution in [2.24, 2.45) is 11.3 Å². The van der Waals surface area contributed by atoms with Crippen molar-refractivity contribution in [3.63, 3.8) is 0 Å². The lowest BCUT2D eigenvalue weighted by molar-refractivity contribution is -0.142. The van der Waals surface area contributed by atoms with Crippen LogP contribution in [0.5, 0.6) is 0 Å². The summed E-state index contributed by atoms with van der Waals surface area (Å²) >= 11 is 0. The highest BCUT2D eigenvalue weighted by Crippen LogP contribution is 2.41. The molecule has 0 spiro atoms. The lowest BCUT2D eigenvalue weighted by Crippen LogP contribution is -2.49. The van der Waals surface area contributed by atoms with Gasteiger partial charge in [-0.2, -0.15) is 0 Å². The summed E-state index contributed by atoms with van der Waals surface area (Å²) in [4.78, 5) is 36.9. The molecule has 3 atom stereocenters. The molecule has 0 radical (unpaired) electrons. The minimum Gasteiger partial charge on any atom is -0.481 e. The van der Waals surface area contributed by atoms with Gasteiger partial charge in [-0.25, -0.2) is 4.79 Å². The van der Waals surface area contributed by atoms with Gasteiger partial charge < -0.3 is 20.6 Å². The molecular formula is C14H23N3O4. The van der Waals surface area contributed by atoms with Gasteiger partial charge in [-0.1, -0.05) is 0 Å². The Labute approximate surface area is 124 Å². The van der Waals surface area contributed by atoms with E-state index in [-0.39, 0.29) is 30.6 Å². The number of rotatable bonds is 4. The molecule has 2 heterocycles. The second kappa shape index (κ2) is 5.54. The van der Waals surface area contributed by atoms with E-state index >= 15 is 0 Å². The number of carbonyl (C=O) groups is 3. The molecule has 0 saturated carbocycles. The first-order valence-electron chi connectivity index (χ1n) is 7.29. The van der Waals surface area contributed by atoms with E-state index in [1.165, 1.54) is 0 Å². The van der Waals surface area contributed by atoms with Crippen molar-refractivity contribution >= 4 is 17.9 Å². The first-order valence-corrected chi connectivity index (χ1v) is 7.29. The normalized spacial score (nSPS) is 27.6. The van der Waals surface area contributed by atoms with Crippen LogP contribution in [0, 0.1) is 11.3 Å². The zero-order valence-electron chi connectivity index (χ0n) is 12.7. The van der Waals surface area contributed by atoms with E-state index in [0.717, 1.165) is 12.8 Å². The Morgan fingerprint density at radius 3 is 2.48 bits per heavy atom. The number of urea groups is 1. The third-order valence-corrected chi connectivity index (χ3v) is 4.61. The Kier molecular flexibility index (Phi) is 4.11. The van der Waals surface area contributed by atoms with Crippen molar-refractivity contribution in [2.75, 3.05) is 13.6 Å². The fraction of sp³-hybridized carbons (Fsp3) is 0.786. The molecule has 2 fully saturated rings. The van der Waals surface area contributed by atoms with Crippen LogP contribution in [0.3, 0.4) is 0 Å². The maximum absolute atomic E-state index is 12.3. The van der Waals surface area contributed by atoms with E-state index in [1.807, 2.05) is 0 Å². The molecule has 0 aliphatic carbocycles. The Morgan fingerprint density at radius 2 is 1.95 bits per heavy atom. The summed E-state index contributed by atoms with van der Waals surface area (Å²) in [6.45, 7) is 3.73. The average Bonchev–Trinajstić information content (AvgIpc) is 3.01. The number of carboxylic acid groups (broad SMARTS) is 1. The van der Waals surface area contributed by atoms with E-state index in [1.54, 1.807) is 25.8 Å². The second-order valence-corrected chi connectivity index (χ2v) is 6.51. The Balaban J connectivity index is 1.96. The molecule has 2 bridgehead atoms. The van der Waals surface area contributed by atoms with Gasteiger partial charge >= 0.3 is 12.0 Å². The van der Waals surface area contributed by atoms with Gasteiger partial charge in [-0.3, -0.25) is 9.59 Å². The third-order valence-electron chi connectivity index (χ3n) is 4.61. The fourth-order valence-electron chi connectivity index (χ4n) is 3.38. The Hall–Kier alpha value is -1.79. The molecule has 0 aromatic rings. The van der Waals surface area contributed by atoms with Gasteiger partial charge in [0.1, 0.15) is 0 Å². The van der Waals surface area contributed by atoms with Crippen molar-refractivity contribution < 1.29 is 19.5 Å². The van der Waals surface area contributed by atoms with Crippen LogP contribution in [0.2, 0.25) is 0 Å². The molecule has 0 aromatic carbocycles. The van der Waals surface area contributed by atoms with Crippen LogP contribution < -0.4 is 10.6 Å². The number of nitrogens with zero attached hydrogens (tertiary/aromatic N) is 1. The third kappa shape index (κ3) is 2.82. The number of amides is 3. The van der Waals surface area contributed by atoms with Gasteiger partial charge in [-0.05, 0) is 33.1 Å². The van der Waals surface area contributed by atoms with Crippen LogP contribution in [0.1, 0.15) is 33.1 Å². The molecule has 2 aliphatic heterocycles. The van der Waals surface area contributed by atoms with Gasteiger partial charge in [0.15, 0.2) is 0 Å². The largest absolute Gasteiger partial charge is 0.481 e. The lowest BCUT2D eigenvalue weighted by Gasteiger charge is -2.27.